The van der Waals surface area contributed by atoms with Crippen molar-refractivity contribution in [1.82, 2.24) is 5.43 Å². The number of thiol groups is 1. The van der Waals surface area contributed by atoms with Crippen LogP contribution < -0.4 is 11.3 Å². The third kappa shape index (κ3) is 2.83. The molecule has 4 nitrogen and oxygen atoms in total. The molecule has 0 aliphatic carbocycles. The van der Waals surface area contributed by atoms with Crippen LogP contribution in [0.5, 0.6) is 0 Å². The van der Waals surface area contributed by atoms with Crippen molar-refractivity contribution in [3.05, 3.63) is 0 Å². The molecular formula is C7H14N2O2S. The largest absolute Gasteiger partial charge is 0.300 e. The molecule has 0 aromatic rings. The Morgan fingerprint density at radius 2 is 2.08 bits per heavy atom. The molecule has 0 saturated carbocycles. The fourth-order valence-corrected chi connectivity index (χ4v) is 1.19. The lowest BCUT2D eigenvalue weighted by Gasteiger charge is -2.23. The van der Waals surface area contributed by atoms with Gasteiger partial charge >= 0.3 is 0 Å². The molecule has 12 heavy (non-hydrogen) atoms. The van der Waals surface area contributed by atoms with Crippen molar-refractivity contribution in [2.24, 2.45) is 11.3 Å². The van der Waals surface area contributed by atoms with Gasteiger partial charge in [0, 0.05) is 12.2 Å². The normalized spacial score (nSPS) is 15.0. The monoisotopic (exact) mass is 190 g/mol. The molecule has 1 atom stereocenters. The van der Waals surface area contributed by atoms with Crippen molar-refractivity contribution in [2.75, 3.05) is 5.75 Å². The van der Waals surface area contributed by atoms with Crippen molar-refractivity contribution in [1.29, 1.82) is 0 Å². The van der Waals surface area contributed by atoms with E-state index in [9.17, 15) is 9.59 Å². The van der Waals surface area contributed by atoms with Crippen molar-refractivity contribution < 1.29 is 9.59 Å². The summed E-state index contributed by atoms with van der Waals surface area (Å²) in [7, 11) is 0. The maximum absolute atomic E-state index is 11.2. The molecule has 0 spiro atoms. The van der Waals surface area contributed by atoms with Crippen LogP contribution in [-0.2, 0) is 9.59 Å². The molecule has 0 aliphatic heterocycles. The van der Waals surface area contributed by atoms with E-state index in [1.165, 1.54) is 6.92 Å². The maximum Gasteiger partial charge on any atom is 0.241 e. The van der Waals surface area contributed by atoms with E-state index in [0.717, 1.165) is 0 Å². The predicted molar refractivity (Wildman–Crippen MR) is 49.6 cm³/mol. The van der Waals surface area contributed by atoms with Gasteiger partial charge in [-0.05, 0) is 13.8 Å². The molecular weight excluding hydrogens is 176 g/mol. The number of amides is 1. The Morgan fingerprint density at radius 3 is 2.33 bits per heavy atom. The van der Waals surface area contributed by atoms with E-state index in [4.69, 9.17) is 5.84 Å². The molecule has 0 saturated heterocycles. The maximum atomic E-state index is 11.2. The first-order valence-electron chi connectivity index (χ1n) is 3.57. The summed E-state index contributed by atoms with van der Waals surface area (Å²) in [5.74, 6) is 4.87. The predicted octanol–water partition coefficient (Wildman–Crippen LogP) is -0.108. The van der Waals surface area contributed by atoms with Gasteiger partial charge in [-0.25, -0.2) is 5.84 Å². The van der Waals surface area contributed by atoms with Gasteiger partial charge in [0.2, 0.25) is 5.91 Å². The van der Waals surface area contributed by atoms with Crippen LogP contribution in [0.3, 0.4) is 0 Å². The number of nitrogens with two attached hydrogens (primary N) is 1. The van der Waals surface area contributed by atoms with E-state index in [-0.39, 0.29) is 18.1 Å². The first-order valence-corrected chi connectivity index (χ1v) is 4.21. The zero-order valence-electron chi connectivity index (χ0n) is 7.26. The van der Waals surface area contributed by atoms with Gasteiger partial charge in [0.1, 0.15) is 5.78 Å². The van der Waals surface area contributed by atoms with Gasteiger partial charge in [-0.15, -0.1) is 0 Å². The number of rotatable bonds is 4. The number of nitrogens with one attached hydrogen (secondary N) is 1. The summed E-state index contributed by atoms with van der Waals surface area (Å²) in [4.78, 5) is 21.9. The average Bonchev–Trinajstić information content (AvgIpc) is 2.01. The van der Waals surface area contributed by atoms with Crippen LogP contribution >= 0.6 is 12.6 Å². The standard InChI is InChI=1S/C7H14N2O2S/c1-5(10)3-7(2,4-12)6(11)9-8/h12H,3-4,8H2,1-2H3,(H,9,11). The Morgan fingerprint density at radius 1 is 1.58 bits per heavy atom. The Bertz CT molecular complexity index is 196. The van der Waals surface area contributed by atoms with Crippen LogP contribution in [0.2, 0.25) is 0 Å². The van der Waals surface area contributed by atoms with Crippen LogP contribution in [0.4, 0.5) is 0 Å². The van der Waals surface area contributed by atoms with Crippen molar-refractivity contribution in [3.63, 3.8) is 0 Å². The van der Waals surface area contributed by atoms with E-state index in [1.807, 2.05) is 5.43 Å². The Labute approximate surface area is 77.3 Å². The van der Waals surface area contributed by atoms with Gasteiger partial charge < -0.3 is 0 Å². The van der Waals surface area contributed by atoms with Gasteiger partial charge in [0.15, 0.2) is 0 Å². The van der Waals surface area contributed by atoms with Crippen LogP contribution in [0, 0.1) is 5.41 Å². The Balaban J connectivity index is 4.44. The molecule has 0 aromatic carbocycles. The van der Waals surface area contributed by atoms with Crippen LogP contribution in [0.25, 0.3) is 0 Å². The molecule has 1 unspecified atom stereocenters. The molecule has 3 N–H and O–H groups in total. The minimum atomic E-state index is -0.788. The molecule has 0 aliphatic rings. The highest BCUT2D eigenvalue weighted by Gasteiger charge is 2.32. The van der Waals surface area contributed by atoms with Crippen LogP contribution in [0.15, 0.2) is 0 Å². The van der Waals surface area contributed by atoms with E-state index in [2.05, 4.69) is 12.6 Å². The lowest BCUT2D eigenvalue weighted by molar-refractivity contribution is -0.133. The molecule has 0 fully saturated rings. The minimum absolute atomic E-state index is 0.0462. The molecule has 70 valence electrons. The fraction of sp³-hybridized carbons (Fsp3) is 0.714. The zero-order chi connectivity index (χ0) is 9.78. The van der Waals surface area contributed by atoms with E-state index in [1.54, 1.807) is 6.92 Å². The third-order valence-electron chi connectivity index (χ3n) is 1.67. The number of carbonyl (C=O) groups excluding carboxylic acids is 2. The van der Waals surface area contributed by atoms with Gasteiger partial charge in [-0.3, -0.25) is 15.0 Å². The first kappa shape index (κ1) is 11.4. The smallest absolute Gasteiger partial charge is 0.241 e. The number of hydrogen-bond donors (Lipinski definition) is 3. The second-order valence-corrected chi connectivity index (χ2v) is 3.39. The zero-order valence-corrected chi connectivity index (χ0v) is 8.15. The first-order chi connectivity index (χ1) is 5.46. The third-order valence-corrected chi connectivity index (χ3v) is 2.37. The summed E-state index contributed by atoms with van der Waals surface area (Å²) >= 11 is 4.00. The van der Waals surface area contributed by atoms with E-state index < -0.39 is 5.41 Å². The lowest BCUT2D eigenvalue weighted by atomic mass is 9.86. The average molecular weight is 190 g/mol. The number of carbonyl (C=O) groups is 2. The number of Topliss-reactive ketones (excluding diaryl/α,β-unsaturated/α-hetero) is 1. The van der Waals surface area contributed by atoms with Crippen molar-refractivity contribution in [3.8, 4) is 0 Å². The second kappa shape index (κ2) is 4.47. The highest BCUT2D eigenvalue weighted by atomic mass is 32.1. The van der Waals surface area contributed by atoms with E-state index in [0.29, 0.717) is 5.75 Å². The minimum Gasteiger partial charge on any atom is -0.300 e. The molecule has 0 aromatic heterocycles. The lowest BCUT2D eigenvalue weighted by Crippen LogP contribution is -2.44. The van der Waals surface area contributed by atoms with Crippen molar-refractivity contribution in [2.45, 2.75) is 20.3 Å². The van der Waals surface area contributed by atoms with Gasteiger partial charge in [-0.2, -0.15) is 12.6 Å². The van der Waals surface area contributed by atoms with Gasteiger partial charge in [-0.1, -0.05) is 0 Å². The number of ketones is 1. The van der Waals surface area contributed by atoms with E-state index >= 15 is 0 Å². The Hall–Kier alpha value is -0.550. The van der Waals surface area contributed by atoms with Gasteiger partial charge in [0.25, 0.3) is 0 Å². The second-order valence-electron chi connectivity index (χ2n) is 3.07. The summed E-state index contributed by atoms with van der Waals surface area (Å²) in [6, 6.07) is 0. The SMILES string of the molecule is CC(=O)CC(C)(CS)C(=O)NN. The summed E-state index contributed by atoms with van der Waals surface area (Å²) in [5.41, 5.74) is 1.23. The molecule has 1 amide bonds. The summed E-state index contributed by atoms with van der Waals surface area (Å²) in [6.45, 7) is 3.09. The number of hydrazine groups is 1. The molecule has 0 rings (SSSR count). The van der Waals surface area contributed by atoms with Crippen molar-refractivity contribution >= 4 is 24.3 Å². The quantitative estimate of drug-likeness (QED) is 0.251. The summed E-state index contributed by atoms with van der Waals surface area (Å²) < 4.78 is 0. The highest BCUT2D eigenvalue weighted by molar-refractivity contribution is 7.80. The van der Waals surface area contributed by atoms with Crippen LogP contribution in [-0.4, -0.2) is 17.4 Å². The fourth-order valence-electron chi connectivity index (χ4n) is 0.932. The summed E-state index contributed by atoms with van der Waals surface area (Å²) in [5, 5.41) is 0. The van der Waals surface area contributed by atoms with Gasteiger partial charge in [0.05, 0.1) is 5.41 Å². The molecule has 5 heteroatoms. The summed E-state index contributed by atoms with van der Waals surface area (Å²) in [6.07, 6.45) is 0.166. The number of hydrogen-bond acceptors (Lipinski definition) is 4. The van der Waals surface area contributed by atoms with Crippen LogP contribution in [0.1, 0.15) is 20.3 Å². The molecule has 0 radical (unpaired) electrons. The molecule has 0 heterocycles. The highest BCUT2D eigenvalue weighted by Crippen LogP contribution is 2.23. The Kier molecular flexibility index (Phi) is 4.26. The topological polar surface area (TPSA) is 72.2 Å². The molecule has 0 bridgehead atoms.